The molecule has 0 aromatic heterocycles. The number of nitrogens with zero attached hydrogens (tertiary/aromatic N) is 1. The largest absolute Gasteiger partial charge is 0.348 e. The summed E-state index contributed by atoms with van der Waals surface area (Å²) in [6.45, 7) is -0.0231. The molecule has 4 nitrogen and oxygen atoms in total. The van der Waals surface area contributed by atoms with Crippen LogP contribution in [0, 0.1) is 5.82 Å². The van der Waals surface area contributed by atoms with E-state index in [2.05, 4.69) is 5.32 Å². The standard InChI is InChI=1S/C19H17FN2O2S2/c20-13-5-3-4-12-14(8-9-25-19(12)13)21-17(23)10-22-15-6-1-2-7-16(15)26-11-18(22)24/h1-7,14H,8-11H2,(H,21,23). The van der Waals surface area contributed by atoms with Crippen LogP contribution in [-0.2, 0) is 9.59 Å². The lowest BCUT2D eigenvalue weighted by Crippen LogP contribution is -2.44. The van der Waals surface area contributed by atoms with Crippen molar-refractivity contribution in [3.63, 3.8) is 0 Å². The Balaban J connectivity index is 1.51. The molecule has 0 fully saturated rings. The fourth-order valence-electron chi connectivity index (χ4n) is 3.25. The highest BCUT2D eigenvalue weighted by Crippen LogP contribution is 2.38. The molecule has 26 heavy (non-hydrogen) atoms. The van der Waals surface area contributed by atoms with Crippen LogP contribution in [0.3, 0.4) is 0 Å². The van der Waals surface area contributed by atoms with Crippen molar-refractivity contribution < 1.29 is 14.0 Å². The number of amides is 2. The van der Waals surface area contributed by atoms with Crippen LogP contribution in [-0.4, -0.2) is 29.9 Å². The van der Waals surface area contributed by atoms with Crippen LogP contribution in [0.1, 0.15) is 18.0 Å². The quantitative estimate of drug-likeness (QED) is 0.873. The molecule has 2 aliphatic rings. The average molecular weight is 388 g/mol. The molecule has 1 atom stereocenters. The summed E-state index contributed by atoms with van der Waals surface area (Å²) in [4.78, 5) is 28.1. The predicted octanol–water partition coefficient (Wildman–Crippen LogP) is 3.62. The summed E-state index contributed by atoms with van der Waals surface area (Å²) in [6.07, 6.45) is 0.743. The van der Waals surface area contributed by atoms with Crippen molar-refractivity contribution in [2.45, 2.75) is 22.3 Å². The summed E-state index contributed by atoms with van der Waals surface area (Å²) in [5.74, 6) is 0.532. The Hall–Kier alpha value is -1.99. The third-order valence-corrected chi connectivity index (χ3v) is 6.68. The van der Waals surface area contributed by atoms with Crippen molar-refractivity contribution in [2.75, 3.05) is 23.0 Å². The van der Waals surface area contributed by atoms with Gasteiger partial charge in [0.1, 0.15) is 12.4 Å². The molecular formula is C19H17FN2O2S2. The molecule has 2 heterocycles. The molecule has 0 saturated heterocycles. The number of nitrogens with one attached hydrogen (secondary N) is 1. The van der Waals surface area contributed by atoms with E-state index in [4.69, 9.17) is 0 Å². The third-order valence-electron chi connectivity index (χ3n) is 4.47. The van der Waals surface area contributed by atoms with Gasteiger partial charge >= 0.3 is 0 Å². The molecule has 4 rings (SSSR count). The number of carbonyl (C=O) groups excluding carboxylic acids is 2. The molecule has 0 aliphatic carbocycles. The zero-order valence-corrected chi connectivity index (χ0v) is 15.5. The van der Waals surface area contributed by atoms with E-state index >= 15 is 0 Å². The van der Waals surface area contributed by atoms with Crippen molar-refractivity contribution in [2.24, 2.45) is 0 Å². The maximum Gasteiger partial charge on any atom is 0.240 e. The fraction of sp³-hybridized carbons (Fsp3) is 0.263. The van der Waals surface area contributed by atoms with Crippen molar-refractivity contribution in [1.29, 1.82) is 0 Å². The van der Waals surface area contributed by atoms with Crippen molar-refractivity contribution in [3.8, 4) is 0 Å². The van der Waals surface area contributed by atoms with Crippen LogP contribution in [0.5, 0.6) is 0 Å². The second kappa shape index (κ2) is 7.32. The molecule has 1 N–H and O–H groups in total. The summed E-state index contributed by atoms with van der Waals surface area (Å²) in [5, 5.41) is 2.98. The Bertz CT molecular complexity index is 874. The number of carbonyl (C=O) groups is 2. The number of rotatable bonds is 3. The fourth-order valence-corrected chi connectivity index (χ4v) is 5.32. The van der Waals surface area contributed by atoms with E-state index in [1.165, 1.54) is 34.5 Å². The minimum Gasteiger partial charge on any atom is -0.348 e. The molecule has 0 bridgehead atoms. The van der Waals surface area contributed by atoms with Gasteiger partial charge in [0.15, 0.2) is 0 Å². The van der Waals surface area contributed by atoms with Gasteiger partial charge < -0.3 is 10.2 Å². The molecule has 134 valence electrons. The van der Waals surface area contributed by atoms with Gasteiger partial charge in [-0.2, -0.15) is 0 Å². The van der Waals surface area contributed by atoms with Crippen LogP contribution in [0.2, 0.25) is 0 Å². The molecule has 7 heteroatoms. The van der Waals surface area contributed by atoms with Crippen LogP contribution < -0.4 is 10.2 Å². The first-order valence-electron chi connectivity index (χ1n) is 8.36. The number of hydrogen-bond donors (Lipinski definition) is 1. The maximum absolute atomic E-state index is 14.0. The van der Waals surface area contributed by atoms with Crippen LogP contribution >= 0.6 is 23.5 Å². The van der Waals surface area contributed by atoms with Crippen molar-refractivity contribution >= 4 is 41.0 Å². The summed E-state index contributed by atoms with van der Waals surface area (Å²) in [6, 6.07) is 12.3. The van der Waals surface area contributed by atoms with Gasteiger partial charge in [0.2, 0.25) is 11.8 Å². The second-order valence-corrected chi connectivity index (χ2v) is 8.27. The first-order valence-corrected chi connectivity index (χ1v) is 10.3. The summed E-state index contributed by atoms with van der Waals surface area (Å²) >= 11 is 2.97. The van der Waals surface area contributed by atoms with E-state index in [0.717, 1.165) is 28.3 Å². The van der Waals surface area contributed by atoms with E-state index < -0.39 is 0 Å². The Morgan fingerprint density at radius 1 is 1.19 bits per heavy atom. The van der Waals surface area contributed by atoms with E-state index in [1.807, 2.05) is 30.3 Å². The summed E-state index contributed by atoms with van der Waals surface area (Å²) < 4.78 is 14.0. The van der Waals surface area contributed by atoms with Gasteiger partial charge in [0.25, 0.3) is 0 Å². The highest BCUT2D eigenvalue weighted by molar-refractivity contribution is 8.00. The number of para-hydroxylation sites is 1. The maximum atomic E-state index is 14.0. The van der Waals surface area contributed by atoms with Crippen LogP contribution in [0.4, 0.5) is 10.1 Å². The van der Waals surface area contributed by atoms with Crippen molar-refractivity contribution in [1.82, 2.24) is 5.32 Å². The smallest absolute Gasteiger partial charge is 0.240 e. The Kier molecular flexibility index (Phi) is 4.91. The highest BCUT2D eigenvalue weighted by Gasteiger charge is 2.29. The predicted molar refractivity (Wildman–Crippen MR) is 102 cm³/mol. The third kappa shape index (κ3) is 3.33. The van der Waals surface area contributed by atoms with E-state index in [0.29, 0.717) is 10.6 Å². The molecule has 2 aromatic rings. The lowest BCUT2D eigenvalue weighted by atomic mass is 10.0. The molecule has 0 spiro atoms. The van der Waals surface area contributed by atoms with Gasteiger partial charge in [-0.3, -0.25) is 9.59 Å². The average Bonchev–Trinajstić information content (AvgIpc) is 2.65. The first-order chi connectivity index (χ1) is 12.6. The summed E-state index contributed by atoms with van der Waals surface area (Å²) in [5.41, 5.74) is 1.59. The van der Waals surface area contributed by atoms with Crippen molar-refractivity contribution in [3.05, 3.63) is 53.8 Å². The topological polar surface area (TPSA) is 49.4 Å². The lowest BCUT2D eigenvalue weighted by Gasteiger charge is -2.30. The Labute approximate surface area is 159 Å². The Morgan fingerprint density at radius 3 is 2.92 bits per heavy atom. The zero-order valence-electron chi connectivity index (χ0n) is 13.9. The molecule has 0 radical (unpaired) electrons. The number of fused-ring (bicyclic) bond motifs is 2. The number of hydrogen-bond acceptors (Lipinski definition) is 4. The normalized spacial score (nSPS) is 18.9. The van der Waals surface area contributed by atoms with E-state index in [-0.39, 0.29) is 30.2 Å². The number of anilines is 1. The lowest BCUT2D eigenvalue weighted by molar-refractivity contribution is -0.123. The number of benzene rings is 2. The molecular weight excluding hydrogens is 371 g/mol. The van der Waals surface area contributed by atoms with E-state index in [9.17, 15) is 14.0 Å². The van der Waals surface area contributed by atoms with Gasteiger partial charge in [0.05, 0.1) is 17.5 Å². The molecule has 2 aromatic carbocycles. The minimum atomic E-state index is -0.247. The van der Waals surface area contributed by atoms with Gasteiger partial charge in [-0.1, -0.05) is 24.3 Å². The SMILES string of the molecule is O=C(CN1C(=O)CSc2ccccc21)NC1CCSc2c(F)cccc21. The van der Waals surface area contributed by atoms with E-state index in [1.54, 1.807) is 6.07 Å². The van der Waals surface area contributed by atoms with Crippen LogP contribution in [0.25, 0.3) is 0 Å². The van der Waals surface area contributed by atoms with Gasteiger partial charge in [-0.25, -0.2) is 4.39 Å². The molecule has 2 aliphatic heterocycles. The molecule has 0 saturated carbocycles. The molecule has 1 unspecified atom stereocenters. The monoisotopic (exact) mass is 388 g/mol. The minimum absolute atomic E-state index is 0.0231. The van der Waals surface area contributed by atoms with Crippen LogP contribution in [0.15, 0.2) is 52.3 Å². The Morgan fingerprint density at radius 2 is 2.04 bits per heavy atom. The molecule has 2 amide bonds. The number of halogens is 1. The number of thioether (sulfide) groups is 2. The summed E-state index contributed by atoms with van der Waals surface area (Å²) in [7, 11) is 0. The first kappa shape index (κ1) is 17.4. The second-order valence-electron chi connectivity index (χ2n) is 6.15. The highest BCUT2D eigenvalue weighted by atomic mass is 32.2. The van der Waals surface area contributed by atoms with Gasteiger partial charge in [0, 0.05) is 15.5 Å². The van der Waals surface area contributed by atoms with Gasteiger partial charge in [-0.15, -0.1) is 23.5 Å². The zero-order chi connectivity index (χ0) is 18.1. The van der Waals surface area contributed by atoms with Gasteiger partial charge in [-0.05, 0) is 30.2 Å².